The molecule has 1 N–H and O–H groups in total. The minimum Gasteiger partial charge on any atom is -0.444 e. The van der Waals surface area contributed by atoms with Gasteiger partial charge in [0.25, 0.3) is 0 Å². The largest absolute Gasteiger partial charge is 0.444 e. The molecule has 0 aromatic carbocycles. The highest BCUT2D eigenvalue weighted by atomic mass is 127. The van der Waals surface area contributed by atoms with E-state index < -0.39 is 5.60 Å². The van der Waals surface area contributed by atoms with Gasteiger partial charge in [0.1, 0.15) is 11.4 Å². The number of rotatable bonds is 2. The van der Waals surface area contributed by atoms with E-state index in [0.29, 0.717) is 6.54 Å². The van der Waals surface area contributed by atoms with Crippen LogP contribution in [0.15, 0.2) is 18.3 Å². The van der Waals surface area contributed by atoms with Crippen LogP contribution < -0.4 is 5.32 Å². The summed E-state index contributed by atoms with van der Waals surface area (Å²) >= 11 is 2.23. The van der Waals surface area contributed by atoms with Gasteiger partial charge in [-0.05, 0) is 68.3 Å². The van der Waals surface area contributed by atoms with Crippen molar-refractivity contribution in [2.45, 2.75) is 45.3 Å². The summed E-state index contributed by atoms with van der Waals surface area (Å²) in [5, 5.41) is 3.39. The van der Waals surface area contributed by atoms with Crippen LogP contribution in [0.3, 0.4) is 0 Å². The van der Waals surface area contributed by atoms with Crippen LogP contribution >= 0.6 is 22.6 Å². The van der Waals surface area contributed by atoms with Crippen LogP contribution in [0.5, 0.6) is 0 Å². The lowest BCUT2D eigenvalue weighted by Gasteiger charge is -2.34. The standard InChI is InChI=1S/C15H22IN3O2/c1-15(2,3)21-14(20)19-8-4-5-12(10-19)18-13-7-6-11(16)9-17-13/h6-7,9,12H,4-5,8,10H2,1-3H3,(H,17,18). The molecule has 116 valence electrons. The third-order valence-corrected chi connectivity index (χ3v) is 3.79. The quantitative estimate of drug-likeness (QED) is 0.769. The molecule has 1 aliphatic rings. The lowest BCUT2D eigenvalue weighted by molar-refractivity contribution is 0.0206. The fourth-order valence-electron chi connectivity index (χ4n) is 2.26. The summed E-state index contributed by atoms with van der Waals surface area (Å²) in [5.41, 5.74) is -0.449. The highest BCUT2D eigenvalue weighted by Gasteiger charge is 2.27. The highest BCUT2D eigenvalue weighted by molar-refractivity contribution is 14.1. The maximum Gasteiger partial charge on any atom is 0.410 e. The Morgan fingerprint density at radius 1 is 1.48 bits per heavy atom. The second-order valence-corrected chi connectivity index (χ2v) is 7.52. The number of hydrogen-bond acceptors (Lipinski definition) is 4. The monoisotopic (exact) mass is 403 g/mol. The third kappa shape index (κ3) is 5.33. The van der Waals surface area contributed by atoms with Crippen LogP contribution in [0.2, 0.25) is 0 Å². The number of aromatic nitrogens is 1. The van der Waals surface area contributed by atoms with Gasteiger partial charge < -0.3 is 15.0 Å². The van der Waals surface area contributed by atoms with E-state index in [4.69, 9.17) is 4.74 Å². The first-order valence-corrected chi connectivity index (χ1v) is 8.27. The average Bonchev–Trinajstić information content (AvgIpc) is 2.40. The number of halogens is 1. The molecule has 1 aromatic rings. The van der Waals surface area contributed by atoms with E-state index >= 15 is 0 Å². The van der Waals surface area contributed by atoms with Crippen LogP contribution in [-0.4, -0.2) is 40.7 Å². The van der Waals surface area contributed by atoms with Crippen molar-refractivity contribution in [2.24, 2.45) is 0 Å². The van der Waals surface area contributed by atoms with E-state index in [1.807, 2.05) is 39.1 Å². The van der Waals surface area contributed by atoms with E-state index in [1.165, 1.54) is 0 Å². The molecule has 1 amide bonds. The summed E-state index contributed by atoms with van der Waals surface area (Å²) in [6, 6.07) is 4.21. The zero-order valence-corrected chi connectivity index (χ0v) is 14.9. The van der Waals surface area contributed by atoms with E-state index in [-0.39, 0.29) is 12.1 Å². The lowest BCUT2D eigenvalue weighted by atomic mass is 10.1. The molecule has 1 aliphatic heterocycles. The molecule has 6 heteroatoms. The Hall–Kier alpha value is -1.05. The number of carbonyl (C=O) groups is 1. The fourth-order valence-corrected chi connectivity index (χ4v) is 2.58. The van der Waals surface area contributed by atoms with Crippen molar-refractivity contribution in [3.05, 3.63) is 21.9 Å². The number of anilines is 1. The van der Waals surface area contributed by atoms with Crippen LogP contribution in [0.25, 0.3) is 0 Å². The zero-order chi connectivity index (χ0) is 15.5. The molecule has 0 saturated carbocycles. The van der Waals surface area contributed by atoms with Gasteiger partial charge in [-0.3, -0.25) is 0 Å². The molecule has 1 atom stereocenters. The predicted molar refractivity (Wildman–Crippen MR) is 91.4 cm³/mol. The van der Waals surface area contributed by atoms with Gasteiger partial charge in [0, 0.05) is 28.9 Å². The second-order valence-electron chi connectivity index (χ2n) is 6.27. The maximum absolute atomic E-state index is 12.1. The van der Waals surface area contributed by atoms with Gasteiger partial charge >= 0.3 is 6.09 Å². The van der Waals surface area contributed by atoms with Crippen molar-refractivity contribution >= 4 is 34.5 Å². The summed E-state index contributed by atoms with van der Waals surface area (Å²) in [4.78, 5) is 18.2. The molecule has 0 radical (unpaired) electrons. The topological polar surface area (TPSA) is 54.5 Å². The first kappa shape index (κ1) is 16.3. The maximum atomic E-state index is 12.1. The minimum atomic E-state index is -0.449. The zero-order valence-electron chi connectivity index (χ0n) is 12.7. The molecule has 1 unspecified atom stereocenters. The molecule has 1 aromatic heterocycles. The van der Waals surface area contributed by atoms with Gasteiger partial charge in [0.2, 0.25) is 0 Å². The molecule has 5 nitrogen and oxygen atoms in total. The summed E-state index contributed by atoms with van der Waals surface area (Å²) in [6.07, 6.45) is 3.61. The van der Waals surface area contributed by atoms with Crippen molar-refractivity contribution in [1.29, 1.82) is 0 Å². The number of nitrogens with one attached hydrogen (secondary N) is 1. The molecule has 0 bridgehead atoms. The van der Waals surface area contributed by atoms with Crippen molar-refractivity contribution in [3.8, 4) is 0 Å². The number of nitrogens with zero attached hydrogens (tertiary/aromatic N) is 2. The average molecular weight is 403 g/mol. The van der Waals surface area contributed by atoms with E-state index in [9.17, 15) is 4.79 Å². The second kappa shape index (κ2) is 6.81. The van der Waals surface area contributed by atoms with E-state index in [1.54, 1.807) is 4.90 Å². The third-order valence-electron chi connectivity index (χ3n) is 3.15. The minimum absolute atomic E-state index is 0.221. The van der Waals surface area contributed by atoms with Crippen molar-refractivity contribution in [2.75, 3.05) is 18.4 Å². The smallest absolute Gasteiger partial charge is 0.410 e. The molecule has 2 heterocycles. The summed E-state index contributed by atoms with van der Waals surface area (Å²) in [6.45, 7) is 7.08. The van der Waals surface area contributed by atoms with Gasteiger partial charge in [-0.25, -0.2) is 9.78 Å². The molecule has 1 saturated heterocycles. The lowest BCUT2D eigenvalue weighted by Crippen LogP contribution is -2.47. The Bertz CT molecular complexity index is 485. The van der Waals surface area contributed by atoms with Gasteiger partial charge in [-0.2, -0.15) is 0 Å². The van der Waals surface area contributed by atoms with Gasteiger partial charge in [-0.1, -0.05) is 0 Å². The van der Waals surface area contributed by atoms with Gasteiger partial charge in [0.05, 0.1) is 0 Å². The van der Waals surface area contributed by atoms with Crippen molar-refractivity contribution in [1.82, 2.24) is 9.88 Å². The SMILES string of the molecule is CC(C)(C)OC(=O)N1CCCC(Nc2ccc(I)cn2)C1. The van der Waals surface area contributed by atoms with Crippen LogP contribution in [0, 0.1) is 3.57 Å². The number of amides is 1. The molecule has 0 aliphatic carbocycles. The Morgan fingerprint density at radius 3 is 2.86 bits per heavy atom. The molecule has 1 fully saturated rings. The first-order chi connectivity index (χ1) is 9.83. The number of pyridine rings is 1. The Morgan fingerprint density at radius 2 is 2.24 bits per heavy atom. The summed E-state index contributed by atoms with van der Waals surface area (Å²) in [5.74, 6) is 0.853. The van der Waals surface area contributed by atoms with Crippen LogP contribution in [0.4, 0.5) is 10.6 Å². The number of piperidine rings is 1. The molecule has 2 rings (SSSR count). The van der Waals surface area contributed by atoms with Gasteiger partial charge in [0.15, 0.2) is 0 Å². The molecular formula is C15H22IN3O2. The predicted octanol–water partition coefficient (Wildman–Crippen LogP) is 3.50. The van der Waals surface area contributed by atoms with E-state index in [0.717, 1.165) is 28.8 Å². The molecule has 21 heavy (non-hydrogen) atoms. The fraction of sp³-hybridized carbons (Fsp3) is 0.600. The highest BCUT2D eigenvalue weighted by Crippen LogP contribution is 2.18. The number of ether oxygens (including phenoxy) is 1. The summed E-state index contributed by atoms with van der Waals surface area (Å²) < 4.78 is 6.54. The Kier molecular flexibility index (Phi) is 5.29. The number of hydrogen-bond donors (Lipinski definition) is 1. The number of likely N-dealkylation sites (tertiary alicyclic amines) is 1. The van der Waals surface area contributed by atoms with Crippen LogP contribution in [0.1, 0.15) is 33.6 Å². The number of carbonyl (C=O) groups excluding carboxylic acids is 1. The molecular weight excluding hydrogens is 381 g/mol. The van der Waals surface area contributed by atoms with Crippen LogP contribution in [-0.2, 0) is 4.74 Å². The normalized spacial score (nSPS) is 19.2. The van der Waals surface area contributed by atoms with Crippen molar-refractivity contribution in [3.63, 3.8) is 0 Å². The van der Waals surface area contributed by atoms with Gasteiger partial charge in [-0.15, -0.1) is 0 Å². The van der Waals surface area contributed by atoms with E-state index in [2.05, 4.69) is 32.9 Å². The summed E-state index contributed by atoms with van der Waals surface area (Å²) in [7, 11) is 0. The first-order valence-electron chi connectivity index (χ1n) is 7.19. The molecule has 0 spiro atoms. The Balaban J connectivity index is 1.91. The van der Waals surface area contributed by atoms with Crippen molar-refractivity contribution < 1.29 is 9.53 Å². The Labute approximate surface area is 139 Å².